The Morgan fingerprint density at radius 2 is 1.75 bits per heavy atom. The van der Waals surface area contributed by atoms with Gasteiger partial charge in [0.05, 0.1) is 19.8 Å². The first-order valence-electron chi connectivity index (χ1n) is 5.50. The number of hydrogen-bond donors (Lipinski definition) is 2. The van der Waals surface area contributed by atoms with Crippen molar-refractivity contribution < 1.29 is 14.6 Å². The zero-order valence-electron chi connectivity index (χ0n) is 9.39. The molecule has 0 atom stereocenters. The van der Waals surface area contributed by atoms with Gasteiger partial charge in [-0.15, -0.1) is 0 Å². The van der Waals surface area contributed by atoms with Crippen LogP contribution in [0, 0.1) is 0 Å². The topological polar surface area (TPSA) is 50.7 Å². The van der Waals surface area contributed by atoms with Crippen LogP contribution < -0.4 is 10.1 Å². The number of rotatable bonds is 9. The molecular weight excluding hydrogens is 206 g/mol. The number of benzene rings is 1. The lowest BCUT2D eigenvalue weighted by molar-refractivity contribution is 0.0935. The van der Waals surface area contributed by atoms with Gasteiger partial charge >= 0.3 is 0 Å². The van der Waals surface area contributed by atoms with Gasteiger partial charge in [0.1, 0.15) is 12.4 Å². The molecule has 4 heteroatoms. The van der Waals surface area contributed by atoms with Crippen LogP contribution in [0.3, 0.4) is 0 Å². The number of para-hydroxylation sites is 1. The Labute approximate surface area is 96.2 Å². The van der Waals surface area contributed by atoms with E-state index in [9.17, 15) is 0 Å². The summed E-state index contributed by atoms with van der Waals surface area (Å²) in [5.41, 5.74) is 0. The molecule has 0 aliphatic rings. The predicted octanol–water partition coefficient (Wildman–Crippen LogP) is 0.664. The van der Waals surface area contributed by atoms with Gasteiger partial charge in [-0.2, -0.15) is 0 Å². The van der Waals surface area contributed by atoms with Crippen LogP contribution in [0.2, 0.25) is 0 Å². The summed E-state index contributed by atoms with van der Waals surface area (Å²) >= 11 is 0. The van der Waals surface area contributed by atoms with E-state index in [4.69, 9.17) is 14.6 Å². The molecule has 0 aromatic heterocycles. The summed E-state index contributed by atoms with van der Waals surface area (Å²) < 4.78 is 10.6. The van der Waals surface area contributed by atoms with Gasteiger partial charge in [-0.25, -0.2) is 0 Å². The van der Waals surface area contributed by atoms with Crippen LogP contribution in [-0.4, -0.2) is 44.6 Å². The first-order chi connectivity index (χ1) is 7.93. The molecule has 0 amide bonds. The molecule has 0 aliphatic heterocycles. The van der Waals surface area contributed by atoms with Gasteiger partial charge in [0, 0.05) is 13.1 Å². The van der Waals surface area contributed by atoms with Crippen molar-refractivity contribution in [3.8, 4) is 5.75 Å². The largest absolute Gasteiger partial charge is 0.492 e. The Hall–Kier alpha value is -1.10. The van der Waals surface area contributed by atoms with E-state index < -0.39 is 0 Å². The van der Waals surface area contributed by atoms with Gasteiger partial charge in [0.2, 0.25) is 0 Å². The lowest BCUT2D eigenvalue weighted by Crippen LogP contribution is -2.25. The van der Waals surface area contributed by atoms with E-state index >= 15 is 0 Å². The zero-order valence-corrected chi connectivity index (χ0v) is 9.39. The molecular formula is C12H19NO3. The third-order valence-electron chi connectivity index (χ3n) is 1.95. The summed E-state index contributed by atoms with van der Waals surface area (Å²) in [5, 5.41) is 11.7. The lowest BCUT2D eigenvalue weighted by atomic mass is 10.3. The third kappa shape index (κ3) is 6.40. The van der Waals surface area contributed by atoms with Gasteiger partial charge in [0.15, 0.2) is 0 Å². The second-order valence-corrected chi connectivity index (χ2v) is 3.25. The highest BCUT2D eigenvalue weighted by atomic mass is 16.5. The number of hydrogen-bond acceptors (Lipinski definition) is 4. The van der Waals surface area contributed by atoms with Crippen molar-refractivity contribution >= 4 is 0 Å². The molecule has 0 fully saturated rings. The van der Waals surface area contributed by atoms with Crippen LogP contribution in [0.5, 0.6) is 5.75 Å². The summed E-state index contributed by atoms with van der Waals surface area (Å²) in [6, 6.07) is 9.73. The zero-order chi connectivity index (χ0) is 11.5. The molecule has 4 nitrogen and oxygen atoms in total. The van der Waals surface area contributed by atoms with Crippen molar-refractivity contribution in [2.45, 2.75) is 0 Å². The molecule has 0 radical (unpaired) electrons. The van der Waals surface area contributed by atoms with Gasteiger partial charge in [-0.05, 0) is 12.1 Å². The average Bonchev–Trinajstić information content (AvgIpc) is 2.34. The molecule has 1 aromatic carbocycles. The number of nitrogens with one attached hydrogen (secondary N) is 1. The van der Waals surface area contributed by atoms with Crippen LogP contribution in [0.1, 0.15) is 0 Å². The smallest absolute Gasteiger partial charge is 0.119 e. The van der Waals surface area contributed by atoms with Crippen molar-refractivity contribution in [2.24, 2.45) is 0 Å². The van der Waals surface area contributed by atoms with Gasteiger partial charge in [-0.3, -0.25) is 0 Å². The van der Waals surface area contributed by atoms with Crippen LogP contribution in [-0.2, 0) is 4.74 Å². The minimum Gasteiger partial charge on any atom is -0.492 e. The predicted molar refractivity (Wildman–Crippen MR) is 62.7 cm³/mol. The van der Waals surface area contributed by atoms with Crippen molar-refractivity contribution in [1.29, 1.82) is 0 Å². The van der Waals surface area contributed by atoms with E-state index in [1.807, 2.05) is 30.3 Å². The first kappa shape index (κ1) is 13.0. The third-order valence-corrected chi connectivity index (χ3v) is 1.95. The Morgan fingerprint density at radius 1 is 1.00 bits per heavy atom. The van der Waals surface area contributed by atoms with Crippen LogP contribution in [0.25, 0.3) is 0 Å². The molecule has 0 aliphatic carbocycles. The monoisotopic (exact) mass is 225 g/mol. The summed E-state index contributed by atoms with van der Waals surface area (Å²) in [6.45, 7) is 3.31. The summed E-state index contributed by atoms with van der Waals surface area (Å²) in [7, 11) is 0. The maximum atomic E-state index is 8.47. The second kappa shape index (κ2) is 9.15. The Bertz CT molecular complexity index is 254. The average molecular weight is 225 g/mol. The first-order valence-corrected chi connectivity index (χ1v) is 5.50. The van der Waals surface area contributed by atoms with E-state index in [0.717, 1.165) is 18.8 Å². The fourth-order valence-corrected chi connectivity index (χ4v) is 1.19. The molecule has 1 aromatic rings. The van der Waals surface area contributed by atoms with E-state index in [1.54, 1.807) is 0 Å². The van der Waals surface area contributed by atoms with Crippen LogP contribution >= 0.6 is 0 Å². The van der Waals surface area contributed by atoms with Crippen molar-refractivity contribution in [3.05, 3.63) is 30.3 Å². The number of aliphatic hydroxyl groups excluding tert-OH is 1. The minimum absolute atomic E-state index is 0.0805. The molecule has 0 spiro atoms. The number of aliphatic hydroxyl groups is 1. The van der Waals surface area contributed by atoms with Crippen LogP contribution in [0.4, 0.5) is 0 Å². The second-order valence-electron chi connectivity index (χ2n) is 3.25. The molecule has 16 heavy (non-hydrogen) atoms. The molecule has 0 bridgehead atoms. The molecule has 1 rings (SSSR count). The fraction of sp³-hybridized carbons (Fsp3) is 0.500. The van der Waals surface area contributed by atoms with Crippen molar-refractivity contribution in [1.82, 2.24) is 5.32 Å². The quantitative estimate of drug-likeness (QED) is 0.606. The molecule has 2 N–H and O–H groups in total. The molecule has 0 unspecified atom stereocenters. The van der Waals surface area contributed by atoms with E-state index in [0.29, 0.717) is 19.8 Å². The minimum atomic E-state index is 0.0805. The van der Waals surface area contributed by atoms with Crippen molar-refractivity contribution in [2.75, 3.05) is 39.5 Å². The molecule has 0 heterocycles. The highest BCUT2D eigenvalue weighted by molar-refractivity contribution is 5.20. The number of ether oxygens (including phenoxy) is 2. The normalized spacial score (nSPS) is 10.3. The summed E-state index contributed by atoms with van der Waals surface area (Å²) in [6.07, 6.45) is 0. The maximum Gasteiger partial charge on any atom is 0.119 e. The van der Waals surface area contributed by atoms with Gasteiger partial charge < -0.3 is 19.9 Å². The Morgan fingerprint density at radius 3 is 2.50 bits per heavy atom. The van der Waals surface area contributed by atoms with Crippen molar-refractivity contribution in [3.63, 3.8) is 0 Å². The Balaban J connectivity index is 1.89. The highest BCUT2D eigenvalue weighted by Gasteiger charge is 1.91. The molecule has 0 saturated heterocycles. The molecule has 0 saturated carbocycles. The summed E-state index contributed by atoms with van der Waals surface area (Å²) in [4.78, 5) is 0. The van der Waals surface area contributed by atoms with E-state index in [-0.39, 0.29) is 6.61 Å². The SMILES string of the molecule is OCCOCCNCCOc1ccccc1. The Kier molecular flexibility index (Phi) is 7.42. The highest BCUT2D eigenvalue weighted by Crippen LogP contribution is 2.07. The molecule has 90 valence electrons. The maximum absolute atomic E-state index is 8.47. The van der Waals surface area contributed by atoms with Gasteiger partial charge in [0.25, 0.3) is 0 Å². The standard InChI is InChI=1S/C12H19NO3/c14-8-11-15-9-6-13-7-10-16-12-4-2-1-3-5-12/h1-5,13-14H,6-11H2. The lowest BCUT2D eigenvalue weighted by Gasteiger charge is -2.07. The van der Waals surface area contributed by atoms with Crippen LogP contribution in [0.15, 0.2) is 30.3 Å². The van der Waals surface area contributed by atoms with E-state index in [2.05, 4.69) is 5.32 Å². The van der Waals surface area contributed by atoms with Gasteiger partial charge in [-0.1, -0.05) is 18.2 Å². The fourth-order valence-electron chi connectivity index (χ4n) is 1.19. The summed E-state index contributed by atoms with van der Waals surface area (Å²) in [5.74, 6) is 0.890. The van der Waals surface area contributed by atoms with E-state index in [1.165, 1.54) is 0 Å².